The molecule has 27 heavy (non-hydrogen) atoms. The van der Waals surface area contributed by atoms with Crippen LogP contribution in [0.15, 0.2) is 73.1 Å². The minimum Gasteiger partial charge on any atom is -0.325 e. The van der Waals surface area contributed by atoms with E-state index in [2.05, 4.69) is 27.4 Å². The van der Waals surface area contributed by atoms with Crippen LogP contribution in [0.3, 0.4) is 0 Å². The Balaban J connectivity index is 1.52. The summed E-state index contributed by atoms with van der Waals surface area (Å²) in [4.78, 5) is 15.4. The van der Waals surface area contributed by atoms with Gasteiger partial charge in [0.1, 0.15) is 0 Å². The molecule has 0 radical (unpaired) electrons. The van der Waals surface area contributed by atoms with Crippen molar-refractivity contribution in [3.8, 4) is 5.69 Å². The van der Waals surface area contributed by atoms with E-state index in [1.165, 1.54) is 5.56 Å². The van der Waals surface area contributed by atoms with E-state index in [1.54, 1.807) is 10.9 Å². The Labute approximate surface area is 159 Å². The first-order chi connectivity index (χ1) is 13.3. The molecule has 1 aliphatic heterocycles. The monoisotopic (exact) mass is 360 g/mol. The van der Waals surface area contributed by atoms with E-state index in [0.29, 0.717) is 0 Å². The molecule has 1 aliphatic rings. The van der Waals surface area contributed by atoms with Crippen molar-refractivity contribution in [2.24, 2.45) is 0 Å². The molecule has 1 atom stereocenters. The molecule has 1 saturated heterocycles. The second-order valence-corrected chi connectivity index (χ2v) is 6.94. The van der Waals surface area contributed by atoms with Gasteiger partial charge in [-0.3, -0.25) is 9.69 Å². The quantitative estimate of drug-likeness (QED) is 0.732. The molecular weight excluding hydrogens is 336 g/mol. The Hall–Kier alpha value is -2.92. The molecule has 4 rings (SSSR count). The third-order valence-corrected chi connectivity index (χ3v) is 5.04. The molecule has 0 saturated carbocycles. The third-order valence-electron chi connectivity index (χ3n) is 5.04. The first-order valence-corrected chi connectivity index (χ1v) is 9.48. The lowest BCUT2D eigenvalue weighted by Gasteiger charge is -2.26. The van der Waals surface area contributed by atoms with Gasteiger partial charge in [-0.15, -0.1) is 0 Å². The Morgan fingerprint density at radius 2 is 1.85 bits per heavy atom. The summed E-state index contributed by atoms with van der Waals surface area (Å²) in [6.45, 7) is 1.97. The molecule has 5 heteroatoms. The largest absolute Gasteiger partial charge is 0.325 e. The normalized spacial score (nSPS) is 15.6. The van der Waals surface area contributed by atoms with Crippen LogP contribution >= 0.6 is 0 Å². The molecule has 1 amide bonds. The summed E-state index contributed by atoms with van der Waals surface area (Å²) in [5.41, 5.74) is 2.92. The highest BCUT2D eigenvalue weighted by molar-refractivity contribution is 5.95. The molecule has 2 aromatic carbocycles. The lowest BCUT2D eigenvalue weighted by atomic mass is 10.0. The number of likely N-dealkylation sites (tertiary alicyclic amines) is 1. The zero-order valence-electron chi connectivity index (χ0n) is 15.3. The van der Waals surface area contributed by atoms with Crippen LogP contribution in [-0.2, 0) is 11.2 Å². The van der Waals surface area contributed by atoms with Crippen molar-refractivity contribution in [2.75, 3.05) is 18.4 Å². The summed E-state index contributed by atoms with van der Waals surface area (Å²) in [5, 5.41) is 7.38. The van der Waals surface area contributed by atoms with E-state index in [9.17, 15) is 4.79 Å². The summed E-state index contributed by atoms with van der Waals surface area (Å²) in [6.07, 6.45) is 6.68. The molecule has 138 valence electrons. The number of carbonyl (C=O) groups excluding carboxylic acids is 1. The van der Waals surface area contributed by atoms with Crippen LogP contribution in [0.5, 0.6) is 0 Å². The van der Waals surface area contributed by atoms with Gasteiger partial charge in [0.2, 0.25) is 5.91 Å². The van der Waals surface area contributed by atoms with Crippen LogP contribution in [0, 0.1) is 0 Å². The molecule has 1 aromatic heterocycles. The Bertz CT molecular complexity index is 870. The van der Waals surface area contributed by atoms with Gasteiger partial charge in [-0.05, 0) is 62.2 Å². The second-order valence-electron chi connectivity index (χ2n) is 6.94. The number of hydrogen-bond acceptors (Lipinski definition) is 3. The Kier molecular flexibility index (Phi) is 5.30. The topological polar surface area (TPSA) is 50.2 Å². The predicted molar refractivity (Wildman–Crippen MR) is 107 cm³/mol. The van der Waals surface area contributed by atoms with Gasteiger partial charge in [-0.2, -0.15) is 5.10 Å². The van der Waals surface area contributed by atoms with Gasteiger partial charge in [0.05, 0.1) is 11.7 Å². The van der Waals surface area contributed by atoms with Crippen LogP contribution in [0.25, 0.3) is 5.69 Å². The summed E-state index contributed by atoms with van der Waals surface area (Å²) in [6, 6.07) is 19.8. The van der Waals surface area contributed by atoms with E-state index in [0.717, 1.165) is 43.7 Å². The van der Waals surface area contributed by atoms with Gasteiger partial charge in [0.25, 0.3) is 0 Å². The fourth-order valence-electron chi connectivity index (χ4n) is 3.65. The van der Waals surface area contributed by atoms with Crippen molar-refractivity contribution in [1.82, 2.24) is 14.7 Å². The lowest BCUT2D eigenvalue weighted by molar-refractivity contribution is -0.120. The minimum atomic E-state index is -0.150. The van der Waals surface area contributed by atoms with Gasteiger partial charge < -0.3 is 5.32 Å². The van der Waals surface area contributed by atoms with Crippen LogP contribution in [0.4, 0.5) is 5.69 Å². The highest BCUT2D eigenvalue weighted by Crippen LogP contribution is 2.19. The predicted octanol–water partition coefficient (Wildman–Crippen LogP) is 3.52. The Morgan fingerprint density at radius 3 is 2.59 bits per heavy atom. The van der Waals surface area contributed by atoms with Crippen molar-refractivity contribution in [2.45, 2.75) is 25.3 Å². The summed E-state index contributed by atoms with van der Waals surface area (Å²) >= 11 is 0. The van der Waals surface area contributed by atoms with Crippen LogP contribution in [0.2, 0.25) is 0 Å². The van der Waals surface area contributed by atoms with Crippen molar-refractivity contribution >= 4 is 11.6 Å². The molecule has 0 bridgehead atoms. The Morgan fingerprint density at radius 1 is 1.04 bits per heavy atom. The maximum Gasteiger partial charge on any atom is 0.242 e. The first kappa shape index (κ1) is 17.5. The summed E-state index contributed by atoms with van der Waals surface area (Å²) in [7, 11) is 0. The zero-order valence-corrected chi connectivity index (χ0v) is 15.3. The van der Waals surface area contributed by atoms with Gasteiger partial charge in [0, 0.05) is 18.1 Å². The number of nitrogens with zero attached hydrogens (tertiary/aromatic N) is 3. The molecule has 0 unspecified atom stereocenters. The fraction of sp³-hybridized carbons (Fsp3) is 0.273. The van der Waals surface area contributed by atoms with Crippen LogP contribution < -0.4 is 5.32 Å². The van der Waals surface area contributed by atoms with Gasteiger partial charge >= 0.3 is 0 Å². The van der Waals surface area contributed by atoms with Gasteiger partial charge in [-0.25, -0.2) is 4.68 Å². The molecule has 3 aromatic rings. The zero-order chi connectivity index (χ0) is 18.5. The van der Waals surface area contributed by atoms with Crippen LogP contribution in [-0.4, -0.2) is 39.7 Å². The number of anilines is 1. The molecule has 1 N–H and O–H groups in total. The average molecular weight is 360 g/mol. The summed E-state index contributed by atoms with van der Waals surface area (Å²) < 4.78 is 1.79. The maximum absolute atomic E-state index is 13.1. The average Bonchev–Trinajstić information content (AvgIpc) is 3.41. The summed E-state index contributed by atoms with van der Waals surface area (Å²) in [5.74, 6) is 0.0540. The number of rotatable bonds is 6. The van der Waals surface area contributed by atoms with E-state index < -0.39 is 0 Å². The van der Waals surface area contributed by atoms with E-state index in [-0.39, 0.29) is 11.9 Å². The van der Waals surface area contributed by atoms with E-state index in [1.807, 2.05) is 54.7 Å². The van der Waals surface area contributed by atoms with E-state index in [4.69, 9.17) is 0 Å². The molecule has 0 aliphatic carbocycles. The number of aromatic nitrogens is 2. The standard InChI is InChI=1S/C22H24N4O/c27-22(24-19-10-6-11-20(17-19)26-15-7-12-23-26)21(25-13-4-5-14-25)16-18-8-2-1-3-9-18/h1-3,6-12,15,17,21H,4-5,13-14,16H2,(H,24,27)/t21-/m1/s1. The highest BCUT2D eigenvalue weighted by Gasteiger charge is 2.28. The van der Waals surface area contributed by atoms with Crippen molar-refractivity contribution < 1.29 is 4.79 Å². The van der Waals surface area contributed by atoms with Crippen LogP contribution in [0.1, 0.15) is 18.4 Å². The van der Waals surface area contributed by atoms with Gasteiger partial charge in [-0.1, -0.05) is 36.4 Å². The maximum atomic E-state index is 13.1. The number of benzene rings is 2. The van der Waals surface area contributed by atoms with Crippen molar-refractivity contribution in [1.29, 1.82) is 0 Å². The fourth-order valence-corrected chi connectivity index (χ4v) is 3.65. The lowest BCUT2D eigenvalue weighted by Crippen LogP contribution is -2.44. The number of hydrogen-bond donors (Lipinski definition) is 1. The SMILES string of the molecule is O=C(Nc1cccc(-n2cccn2)c1)[C@@H](Cc1ccccc1)N1CCCC1. The number of carbonyl (C=O) groups is 1. The van der Waals surface area contributed by atoms with Crippen molar-refractivity contribution in [3.05, 3.63) is 78.6 Å². The minimum absolute atomic E-state index is 0.0540. The van der Waals surface area contributed by atoms with Crippen molar-refractivity contribution in [3.63, 3.8) is 0 Å². The molecular formula is C22H24N4O. The smallest absolute Gasteiger partial charge is 0.242 e. The van der Waals surface area contributed by atoms with E-state index >= 15 is 0 Å². The second kappa shape index (κ2) is 8.18. The number of nitrogens with one attached hydrogen (secondary N) is 1. The molecule has 2 heterocycles. The molecule has 0 spiro atoms. The number of amides is 1. The van der Waals surface area contributed by atoms with Gasteiger partial charge in [0.15, 0.2) is 0 Å². The highest BCUT2D eigenvalue weighted by atomic mass is 16.2. The first-order valence-electron chi connectivity index (χ1n) is 9.48. The third kappa shape index (κ3) is 4.26. The molecule has 1 fully saturated rings. The molecule has 5 nitrogen and oxygen atoms in total.